The highest BCUT2D eigenvalue weighted by atomic mass is 15.0. The first kappa shape index (κ1) is 7.65. The molecule has 0 amide bonds. The van der Waals surface area contributed by atoms with Gasteiger partial charge in [-0.1, -0.05) is 0 Å². The topological polar surface area (TPSA) is 54.0 Å². The summed E-state index contributed by atoms with van der Waals surface area (Å²) in [6.07, 6.45) is 4.29. The summed E-state index contributed by atoms with van der Waals surface area (Å²) in [6.45, 7) is 1.96. The summed E-state index contributed by atoms with van der Waals surface area (Å²) < 4.78 is 1.91. The van der Waals surface area contributed by atoms with Crippen LogP contribution in [0.5, 0.6) is 0 Å². The van der Waals surface area contributed by atoms with Crippen LogP contribution in [0, 0.1) is 12.3 Å². The normalized spacial score (nSPS) is 10.7. The summed E-state index contributed by atoms with van der Waals surface area (Å²) in [7, 11) is 1.92. The average molecular weight is 150 g/mol. The van der Waals surface area contributed by atoms with Gasteiger partial charge in [-0.25, -0.2) is 9.98 Å². The van der Waals surface area contributed by atoms with E-state index in [1.807, 2.05) is 18.5 Å². The van der Waals surface area contributed by atoms with Crippen molar-refractivity contribution in [1.29, 1.82) is 5.41 Å². The van der Waals surface area contributed by atoms with E-state index in [2.05, 4.69) is 9.98 Å². The molecule has 4 heteroatoms. The average Bonchev–Trinajstić information content (AvgIpc) is 2.31. The van der Waals surface area contributed by atoms with E-state index in [4.69, 9.17) is 5.41 Å². The molecule has 1 aromatic rings. The van der Waals surface area contributed by atoms with Crippen molar-refractivity contribution < 1.29 is 0 Å². The third-order valence-corrected chi connectivity index (χ3v) is 1.54. The number of aryl methyl sites for hydroxylation is 1. The first-order chi connectivity index (χ1) is 5.25. The van der Waals surface area contributed by atoms with Crippen LogP contribution in [0.1, 0.15) is 11.4 Å². The first-order valence-corrected chi connectivity index (χ1v) is 3.25. The number of hydrogen-bond acceptors (Lipinski definition) is 2. The number of hydrogen-bond donors (Lipinski definition) is 1. The summed E-state index contributed by atoms with van der Waals surface area (Å²) in [5, 5.41) is 6.67. The highest BCUT2D eigenvalue weighted by molar-refractivity contribution is 5.84. The third-order valence-electron chi connectivity index (χ3n) is 1.54. The lowest BCUT2D eigenvalue weighted by molar-refractivity contribution is 0.873. The van der Waals surface area contributed by atoms with E-state index >= 15 is 0 Å². The Morgan fingerprint density at radius 3 is 2.91 bits per heavy atom. The van der Waals surface area contributed by atoms with Crippen molar-refractivity contribution in [2.75, 3.05) is 0 Å². The van der Waals surface area contributed by atoms with Gasteiger partial charge in [0.2, 0.25) is 0 Å². The minimum atomic E-state index is 0.816. The number of aromatic nitrogens is 2. The largest absolute Gasteiger partial charge is 0.337 e. The van der Waals surface area contributed by atoms with Gasteiger partial charge in [0.1, 0.15) is 12.0 Å². The minimum absolute atomic E-state index is 0.816. The molecule has 11 heavy (non-hydrogen) atoms. The SMILES string of the molecule is Cc1c(C=NC=N)ncn1C. The van der Waals surface area contributed by atoms with Gasteiger partial charge >= 0.3 is 0 Å². The zero-order chi connectivity index (χ0) is 8.27. The number of aliphatic imine (C=N–C) groups is 1. The fourth-order valence-corrected chi connectivity index (χ4v) is 0.744. The summed E-state index contributed by atoms with van der Waals surface area (Å²) >= 11 is 0. The molecular weight excluding hydrogens is 140 g/mol. The highest BCUT2D eigenvalue weighted by Crippen LogP contribution is 1.99. The van der Waals surface area contributed by atoms with Crippen molar-refractivity contribution in [1.82, 2.24) is 9.55 Å². The Kier molecular flexibility index (Phi) is 2.15. The zero-order valence-electron chi connectivity index (χ0n) is 6.57. The fourth-order valence-electron chi connectivity index (χ4n) is 0.744. The molecule has 0 aliphatic carbocycles. The van der Waals surface area contributed by atoms with Gasteiger partial charge in [0, 0.05) is 12.7 Å². The molecule has 0 atom stereocenters. The van der Waals surface area contributed by atoms with Crippen LogP contribution in [0.25, 0.3) is 0 Å². The van der Waals surface area contributed by atoms with Crippen LogP contribution < -0.4 is 0 Å². The lowest BCUT2D eigenvalue weighted by Gasteiger charge is -1.91. The molecule has 58 valence electrons. The van der Waals surface area contributed by atoms with Crippen LogP contribution in [0.3, 0.4) is 0 Å². The van der Waals surface area contributed by atoms with Gasteiger partial charge in [-0.3, -0.25) is 5.41 Å². The van der Waals surface area contributed by atoms with E-state index in [0.717, 1.165) is 17.7 Å². The molecule has 0 saturated heterocycles. The maximum atomic E-state index is 6.67. The molecule has 0 spiro atoms. The standard InChI is InChI=1S/C7H10N4/c1-6-7(3-9-4-8)10-5-11(6)2/h3-5,8H,1-2H3. The highest BCUT2D eigenvalue weighted by Gasteiger charge is 1.98. The Morgan fingerprint density at radius 1 is 1.73 bits per heavy atom. The van der Waals surface area contributed by atoms with Gasteiger partial charge < -0.3 is 4.57 Å². The molecule has 0 saturated carbocycles. The molecule has 4 nitrogen and oxygen atoms in total. The van der Waals surface area contributed by atoms with E-state index < -0.39 is 0 Å². The molecule has 1 N–H and O–H groups in total. The molecule has 1 rings (SSSR count). The Balaban J connectivity index is 2.95. The van der Waals surface area contributed by atoms with Gasteiger partial charge in [0.25, 0.3) is 0 Å². The van der Waals surface area contributed by atoms with Gasteiger partial charge in [-0.05, 0) is 6.92 Å². The van der Waals surface area contributed by atoms with Gasteiger partial charge in [0.05, 0.1) is 12.5 Å². The lowest BCUT2D eigenvalue weighted by atomic mass is 10.4. The van der Waals surface area contributed by atoms with Crippen molar-refractivity contribution in [2.45, 2.75) is 6.92 Å². The Bertz CT molecular complexity index is 285. The van der Waals surface area contributed by atoms with Crippen molar-refractivity contribution >= 4 is 12.6 Å². The van der Waals surface area contributed by atoms with Crippen LogP contribution >= 0.6 is 0 Å². The molecular formula is C7H10N4. The zero-order valence-corrected chi connectivity index (χ0v) is 6.57. The van der Waals surface area contributed by atoms with E-state index in [1.165, 1.54) is 0 Å². The quantitative estimate of drug-likeness (QED) is 0.491. The van der Waals surface area contributed by atoms with Crippen LogP contribution in [0.4, 0.5) is 0 Å². The second-order valence-corrected chi connectivity index (χ2v) is 2.23. The second-order valence-electron chi connectivity index (χ2n) is 2.23. The summed E-state index contributed by atoms with van der Waals surface area (Å²) in [6, 6.07) is 0. The van der Waals surface area contributed by atoms with Crippen LogP contribution in [-0.4, -0.2) is 22.1 Å². The predicted octanol–water partition coefficient (Wildman–Crippen LogP) is 0.754. The second kappa shape index (κ2) is 3.09. The number of nitrogens with zero attached hydrogens (tertiary/aromatic N) is 3. The van der Waals surface area contributed by atoms with E-state index in [1.54, 1.807) is 12.5 Å². The Labute approximate surface area is 65.1 Å². The van der Waals surface area contributed by atoms with E-state index in [-0.39, 0.29) is 0 Å². The van der Waals surface area contributed by atoms with Crippen LogP contribution in [0.15, 0.2) is 11.3 Å². The molecule has 0 aliphatic rings. The summed E-state index contributed by atoms with van der Waals surface area (Å²) in [5.74, 6) is 0. The Morgan fingerprint density at radius 2 is 2.45 bits per heavy atom. The summed E-state index contributed by atoms with van der Waals surface area (Å²) in [5.41, 5.74) is 1.87. The maximum Gasteiger partial charge on any atom is 0.106 e. The van der Waals surface area contributed by atoms with E-state index in [0.29, 0.717) is 0 Å². The van der Waals surface area contributed by atoms with Crippen LogP contribution in [-0.2, 0) is 7.05 Å². The molecule has 0 aromatic carbocycles. The van der Waals surface area contributed by atoms with Crippen molar-refractivity contribution in [3.8, 4) is 0 Å². The van der Waals surface area contributed by atoms with Crippen molar-refractivity contribution in [2.24, 2.45) is 12.0 Å². The van der Waals surface area contributed by atoms with Gasteiger partial charge in [-0.2, -0.15) is 0 Å². The number of nitrogens with one attached hydrogen (secondary N) is 1. The third kappa shape index (κ3) is 1.52. The molecule has 0 fully saturated rings. The van der Waals surface area contributed by atoms with Crippen molar-refractivity contribution in [3.05, 3.63) is 17.7 Å². The maximum absolute atomic E-state index is 6.67. The monoisotopic (exact) mass is 150 g/mol. The molecule has 0 bridgehead atoms. The molecule has 1 heterocycles. The molecule has 0 radical (unpaired) electrons. The number of rotatable bonds is 2. The molecule has 0 unspecified atom stereocenters. The van der Waals surface area contributed by atoms with Crippen molar-refractivity contribution in [3.63, 3.8) is 0 Å². The first-order valence-electron chi connectivity index (χ1n) is 3.25. The van der Waals surface area contributed by atoms with Gasteiger partial charge in [0.15, 0.2) is 0 Å². The minimum Gasteiger partial charge on any atom is -0.337 e. The fraction of sp³-hybridized carbons (Fsp3) is 0.286. The molecule has 0 aliphatic heterocycles. The van der Waals surface area contributed by atoms with Gasteiger partial charge in [-0.15, -0.1) is 0 Å². The molecule has 1 aromatic heterocycles. The lowest BCUT2D eigenvalue weighted by Crippen LogP contribution is -1.90. The Hall–Kier alpha value is -1.45. The van der Waals surface area contributed by atoms with E-state index in [9.17, 15) is 0 Å². The summed E-state index contributed by atoms with van der Waals surface area (Å²) in [4.78, 5) is 7.72. The number of imidazole rings is 1. The smallest absolute Gasteiger partial charge is 0.106 e. The predicted molar refractivity (Wildman–Crippen MR) is 44.3 cm³/mol. The van der Waals surface area contributed by atoms with Crippen LogP contribution in [0.2, 0.25) is 0 Å².